The smallest absolute Gasteiger partial charge is 0.320 e. The van der Waals surface area contributed by atoms with Crippen molar-refractivity contribution in [1.82, 2.24) is 0 Å². The van der Waals surface area contributed by atoms with E-state index in [0.29, 0.717) is 11.8 Å². The number of carboxylic acids is 1. The molecule has 0 bridgehead atoms. The predicted octanol–water partition coefficient (Wildman–Crippen LogP) is 3.18. The van der Waals surface area contributed by atoms with Crippen LogP contribution in [0.3, 0.4) is 0 Å². The summed E-state index contributed by atoms with van der Waals surface area (Å²) in [6, 6.07) is -0.642. The Morgan fingerprint density at radius 2 is 1.28 bits per heavy atom. The van der Waals surface area contributed by atoms with E-state index in [0.717, 1.165) is 0 Å². The van der Waals surface area contributed by atoms with Crippen LogP contribution in [0.2, 0.25) is 0 Å². The number of nitrogens with two attached hydrogens (primary N) is 1. The molecular weight excluding hydrogens is 226 g/mol. The van der Waals surface area contributed by atoms with E-state index in [2.05, 4.69) is 0 Å². The molecule has 0 aliphatic heterocycles. The third-order valence-corrected chi connectivity index (χ3v) is 5.09. The van der Waals surface area contributed by atoms with Gasteiger partial charge in [-0.3, -0.25) is 4.79 Å². The first-order valence-electron chi connectivity index (χ1n) is 7.68. The van der Waals surface area contributed by atoms with E-state index in [9.17, 15) is 9.90 Å². The lowest BCUT2D eigenvalue weighted by molar-refractivity contribution is -0.141. The molecule has 2 saturated carbocycles. The number of hydrogen-bond acceptors (Lipinski definition) is 2. The number of carbonyl (C=O) groups is 1. The first kappa shape index (κ1) is 13.9. The van der Waals surface area contributed by atoms with Crippen LogP contribution in [0.25, 0.3) is 0 Å². The number of carboxylic acid groups (broad SMARTS) is 1. The third kappa shape index (κ3) is 3.25. The molecule has 104 valence electrons. The summed E-state index contributed by atoms with van der Waals surface area (Å²) < 4.78 is 0. The summed E-state index contributed by atoms with van der Waals surface area (Å²) in [6.45, 7) is 0. The maximum atomic E-state index is 11.3. The molecule has 2 rings (SSSR count). The van der Waals surface area contributed by atoms with Gasteiger partial charge >= 0.3 is 5.97 Å². The van der Waals surface area contributed by atoms with Crippen molar-refractivity contribution in [2.24, 2.45) is 23.5 Å². The van der Waals surface area contributed by atoms with Gasteiger partial charge in [0.15, 0.2) is 0 Å². The maximum Gasteiger partial charge on any atom is 0.320 e. The van der Waals surface area contributed by atoms with Crippen LogP contribution < -0.4 is 5.73 Å². The molecule has 2 aliphatic carbocycles. The van der Waals surface area contributed by atoms with E-state index in [-0.39, 0.29) is 5.92 Å². The van der Waals surface area contributed by atoms with Crippen LogP contribution in [-0.2, 0) is 4.79 Å². The minimum absolute atomic E-state index is 0.225. The molecule has 2 aliphatic rings. The van der Waals surface area contributed by atoms with Gasteiger partial charge in [0.2, 0.25) is 0 Å². The van der Waals surface area contributed by atoms with Crippen molar-refractivity contribution in [2.45, 2.75) is 70.3 Å². The van der Waals surface area contributed by atoms with E-state index in [1.807, 2.05) is 0 Å². The molecule has 0 spiro atoms. The largest absolute Gasteiger partial charge is 0.480 e. The van der Waals surface area contributed by atoms with Crippen LogP contribution in [0, 0.1) is 17.8 Å². The molecule has 3 N–H and O–H groups in total. The topological polar surface area (TPSA) is 63.3 Å². The lowest BCUT2D eigenvalue weighted by Crippen LogP contribution is -2.46. The van der Waals surface area contributed by atoms with E-state index in [1.54, 1.807) is 0 Å². The average Bonchev–Trinajstić information content (AvgIpc) is 2.41. The Hall–Kier alpha value is -0.570. The van der Waals surface area contributed by atoms with Gasteiger partial charge in [-0.25, -0.2) is 0 Å². The molecule has 3 nitrogen and oxygen atoms in total. The van der Waals surface area contributed by atoms with Crippen molar-refractivity contribution < 1.29 is 9.90 Å². The molecule has 0 aromatic rings. The predicted molar refractivity (Wildman–Crippen MR) is 72.3 cm³/mol. The first-order valence-corrected chi connectivity index (χ1v) is 7.68. The standard InChI is InChI=1S/C15H27NO2/c16-14(15(17)18)13(11-7-3-1-4-8-11)12-9-5-2-6-10-12/h11-14H,1-10,16H2,(H,17,18)/t14-/m1/s1. The molecule has 1 atom stereocenters. The zero-order valence-corrected chi connectivity index (χ0v) is 11.3. The zero-order valence-electron chi connectivity index (χ0n) is 11.3. The summed E-state index contributed by atoms with van der Waals surface area (Å²) >= 11 is 0. The van der Waals surface area contributed by atoms with E-state index < -0.39 is 12.0 Å². The molecule has 0 aromatic carbocycles. The van der Waals surface area contributed by atoms with Crippen LogP contribution in [0.1, 0.15) is 64.2 Å². The molecule has 0 saturated heterocycles. The second-order valence-electron chi connectivity index (χ2n) is 6.24. The SMILES string of the molecule is N[C@@H](C(=O)O)C(C1CCCCC1)C1CCCCC1. The minimum Gasteiger partial charge on any atom is -0.480 e. The average molecular weight is 253 g/mol. The van der Waals surface area contributed by atoms with Crippen molar-refractivity contribution in [3.8, 4) is 0 Å². The van der Waals surface area contributed by atoms with Crippen molar-refractivity contribution in [3.63, 3.8) is 0 Å². The first-order chi connectivity index (χ1) is 8.70. The Kier molecular flexibility index (Phi) is 5.04. The Morgan fingerprint density at radius 3 is 1.61 bits per heavy atom. The summed E-state index contributed by atoms with van der Waals surface area (Å²) in [5, 5.41) is 9.29. The van der Waals surface area contributed by atoms with Gasteiger partial charge in [0.1, 0.15) is 6.04 Å². The molecule has 18 heavy (non-hydrogen) atoms. The lowest BCUT2D eigenvalue weighted by Gasteiger charge is -2.39. The highest BCUT2D eigenvalue weighted by molar-refractivity contribution is 5.73. The number of hydrogen-bond donors (Lipinski definition) is 2. The van der Waals surface area contributed by atoms with E-state index in [4.69, 9.17) is 5.73 Å². The van der Waals surface area contributed by atoms with Gasteiger partial charge in [-0.15, -0.1) is 0 Å². The van der Waals surface area contributed by atoms with Gasteiger partial charge in [-0.1, -0.05) is 64.2 Å². The van der Waals surface area contributed by atoms with Gasteiger partial charge in [0.25, 0.3) is 0 Å². The molecule has 0 unspecified atom stereocenters. The number of aliphatic carboxylic acids is 1. The molecule has 0 amide bonds. The summed E-state index contributed by atoms with van der Waals surface area (Å²) in [5.74, 6) is 0.556. The Morgan fingerprint density at radius 1 is 0.889 bits per heavy atom. The van der Waals surface area contributed by atoms with Gasteiger partial charge in [0.05, 0.1) is 0 Å². The quantitative estimate of drug-likeness (QED) is 0.809. The fourth-order valence-corrected chi connectivity index (χ4v) is 4.17. The van der Waals surface area contributed by atoms with Gasteiger partial charge in [-0.2, -0.15) is 0 Å². The van der Waals surface area contributed by atoms with Crippen molar-refractivity contribution in [1.29, 1.82) is 0 Å². The normalized spacial score (nSPS) is 25.2. The summed E-state index contributed by atoms with van der Waals surface area (Å²) in [5.41, 5.74) is 6.02. The molecule has 3 heteroatoms. The number of rotatable bonds is 4. The zero-order chi connectivity index (χ0) is 13.0. The highest BCUT2D eigenvalue weighted by atomic mass is 16.4. The second-order valence-corrected chi connectivity index (χ2v) is 6.24. The third-order valence-electron chi connectivity index (χ3n) is 5.09. The summed E-state index contributed by atoms with van der Waals surface area (Å²) in [7, 11) is 0. The van der Waals surface area contributed by atoms with Crippen LogP contribution in [-0.4, -0.2) is 17.1 Å². The van der Waals surface area contributed by atoms with Crippen molar-refractivity contribution >= 4 is 5.97 Å². The van der Waals surface area contributed by atoms with Crippen molar-refractivity contribution in [2.75, 3.05) is 0 Å². The van der Waals surface area contributed by atoms with E-state index >= 15 is 0 Å². The highest BCUT2D eigenvalue weighted by Crippen LogP contribution is 2.41. The van der Waals surface area contributed by atoms with Crippen LogP contribution in [0.4, 0.5) is 0 Å². The highest BCUT2D eigenvalue weighted by Gasteiger charge is 2.38. The molecule has 2 fully saturated rings. The molecule has 0 heterocycles. The van der Waals surface area contributed by atoms with Crippen LogP contribution >= 0.6 is 0 Å². The second kappa shape index (κ2) is 6.55. The lowest BCUT2D eigenvalue weighted by atomic mass is 9.67. The van der Waals surface area contributed by atoms with Gasteiger partial charge < -0.3 is 10.8 Å². The van der Waals surface area contributed by atoms with E-state index in [1.165, 1.54) is 64.2 Å². The van der Waals surface area contributed by atoms with Crippen LogP contribution in [0.5, 0.6) is 0 Å². The summed E-state index contributed by atoms with van der Waals surface area (Å²) in [6.07, 6.45) is 12.5. The summed E-state index contributed by atoms with van der Waals surface area (Å²) in [4.78, 5) is 11.3. The fourth-order valence-electron chi connectivity index (χ4n) is 4.17. The Bertz CT molecular complexity index is 250. The maximum absolute atomic E-state index is 11.3. The minimum atomic E-state index is -0.795. The Balaban J connectivity index is 2.07. The van der Waals surface area contributed by atoms with Gasteiger partial charge in [0, 0.05) is 0 Å². The van der Waals surface area contributed by atoms with Crippen LogP contribution in [0.15, 0.2) is 0 Å². The molecule has 0 aromatic heterocycles. The Labute approximate surface area is 110 Å². The molecular formula is C15H27NO2. The van der Waals surface area contributed by atoms with Crippen molar-refractivity contribution in [3.05, 3.63) is 0 Å². The monoisotopic (exact) mass is 253 g/mol. The molecule has 0 radical (unpaired) electrons. The van der Waals surface area contributed by atoms with Gasteiger partial charge in [-0.05, 0) is 17.8 Å². The fraction of sp³-hybridized carbons (Fsp3) is 0.933.